The second kappa shape index (κ2) is 6.37. The number of likely N-dealkylation sites (N-methyl/N-ethyl adjacent to an activating group) is 1. The van der Waals surface area contributed by atoms with E-state index in [9.17, 15) is 0 Å². The van der Waals surface area contributed by atoms with E-state index in [0.29, 0.717) is 12.4 Å². The molecule has 0 bridgehead atoms. The molecule has 1 aromatic heterocycles. The Hall–Kier alpha value is -1.24. The third kappa shape index (κ3) is 4.09. The highest BCUT2D eigenvalue weighted by Crippen LogP contribution is 2.07. The topological polar surface area (TPSA) is 76.3 Å². The summed E-state index contributed by atoms with van der Waals surface area (Å²) in [4.78, 5) is 10.7. The maximum absolute atomic E-state index is 5.35. The van der Waals surface area contributed by atoms with E-state index in [1.165, 1.54) is 0 Å². The maximum atomic E-state index is 5.35. The zero-order valence-electron chi connectivity index (χ0n) is 10.0. The maximum Gasteiger partial charge on any atom is 0.144 e. The van der Waals surface area contributed by atoms with E-state index in [-0.39, 0.29) is 0 Å². The molecule has 0 unspecified atom stereocenters. The minimum atomic E-state index is 0.464. The van der Waals surface area contributed by atoms with Crippen molar-refractivity contribution in [1.82, 2.24) is 14.9 Å². The number of nitrogens with two attached hydrogens (primary N) is 1. The number of ether oxygens (including phenoxy) is 1. The molecule has 0 radical (unpaired) electrons. The van der Waals surface area contributed by atoms with Crippen LogP contribution in [0.3, 0.4) is 0 Å². The van der Waals surface area contributed by atoms with Crippen LogP contribution in [0.1, 0.15) is 11.5 Å². The van der Waals surface area contributed by atoms with Crippen LogP contribution in [0.2, 0.25) is 0 Å². The van der Waals surface area contributed by atoms with Crippen LogP contribution in [0.5, 0.6) is 0 Å². The molecule has 0 aromatic carbocycles. The molecule has 0 amide bonds. The van der Waals surface area contributed by atoms with E-state index >= 15 is 0 Å². The van der Waals surface area contributed by atoms with Gasteiger partial charge in [0.1, 0.15) is 11.6 Å². The van der Waals surface area contributed by atoms with E-state index in [4.69, 9.17) is 10.6 Å². The predicted molar refractivity (Wildman–Crippen MR) is 62.8 cm³/mol. The van der Waals surface area contributed by atoms with Crippen molar-refractivity contribution in [3.8, 4) is 0 Å². The Morgan fingerprint density at radius 3 is 2.75 bits per heavy atom. The molecule has 0 aliphatic heterocycles. The lowest BCUT2D eigenvalue weighted by Gasteiger charge is -2.10. The van der Waals surface area contributed by atoms with Crippen molar-refractivity contribution in [3.05, 3.63) is 17.6 Å². The minimum Gasteiger partial charge on any atom is -0.378 e. The summed E-state index contributed by atoms with van der Waals surface area (Å²) in [6.07, 6.45) is 0.791. The lowest BCUT2D eigenvalue weighted by Crippen LogP contribution is -2.18. The van der Waals surface area contributed by atoms with Gasteiger partial charge in [-0.1, -0.05) is 0 Å². The predicted octanol–water partition coefficient (Wildman–Crippen LogP) is 0.0127. The molecule has 1 rings (SSSR count). The van der Waals surface area contributed by atoms with Gasteiger partial charge < -0.3 is 15.1 Å². The van der Waals surface area contributed by atoms with Gasteiger partial charge in [0.05, 0.1) is 12.3 Å². The number of nitrogens with zero attached hydrogens (tertiary/aromatic N) is 3. The van der Waals surface area contributed by atoms with Gasteiger partial charge in [-0.25, -0.2) is 15.8 Å². The molecule has 3 N–H and O–H groups in total. The molecule has 0 saturated carbocycles. The summed E-state index contributed by atoms with van der Waals surface area (Å²) in [5.74, 6) is 6.74. The first-order valence-corrected chi connectivity index (χ1v) is 5.13. The number of hydrazine groups is 1. The summed E-state index contributed by atoms with van der Waals surface area (Å²) >= 11 is 0. The summed E-state index contributed by atoms with van der Waals surface area (Å²) in [6.45, 7) is 1.37. The van der Waals surface area contributed by atoms with E-state index in [0.717, 1.165) is 24.5 Å². The van der Waals surface area contributed by atoms with Crippen LogP contribution >= 0.6 is 0 Å². The summed E-state index contributed by atoms with van der Waals surface area (Å²) in [5, 5.41) is 0. The monoisotopic (exact) mass is 225 g/mol. The fourth-order valence-electron chi connectivity index (χ4n) is 1.28. The highest BCUT2D eigenvalue weighted by atomic mass is 16.5. The van der Waals surface area contributed by atoms with Crippen molar-refractivity contribution in [2.24, 2.45) is 5.84 Å². The molecule has 1 heterocycles. The lowest BCUT2D eigenvalue weighted by atomic mass is 10.3. The van der Waals surface area contributed by atoms with Crippen LogP contribution < -0.4 is 11.3 Å². The van der Waals surface area contributed by atoms with E-state index < -0.39 is 0 Å². The van der Waals surface area contributed by atoms with Gasteiger partial charge in [-0.05, 0) is 14.1 Å². The molecular weight excluding hydrogens is 206 g/mol. The van der Waals surface area contributed by atoms with E-state index in [1.807, 2.05) is 14.1 Å². The van der Waals surface area contributed by atoms with Gasteiger partial charge in [-0.15, -0.1) is 0 Å². The van der Waals surface area contributed by atoms with Crippen LogP contribution in [-0.4, -0.2) is 42.6 Å². The Morgan fingerprint density at radius 2 is 2.19 bits per heavy atom. The smallest absolute Gasteiger partial charge is 0.144 e. The van der Waals surface area contributed by atoms with Gasteiger partial charge in [0.15, 0.2) is 0 Å². The largest absolute Gasteiger partial charge is 0.378 e. The fraction of sp³-hybridized carbons (Fsp3) is 0.600. The first-order valence-electron chi connectivity index (χ1n) is 5.13. The van der Waals surface area contributed by atoms with Crippen molar-refractivity contribution in [3.63, 3.8) is 0 Å². The average molecular weight is 225 g/mol. The summed E-state index contributed by atoms with van der Waals surface area (Å²) in [6, 6.07) is 1.78. The Bertz CT molecular complexity index is 329. The number of hydrogen-bond donors (Lipinski definition) is 2. The molecule has 0 fully saturated rings. The quantitative estimate of drug-likeness (QED) is 0.525. The van der Waals surface area contributed by atoms with E-state index in [2.05, 4.69) is 20.3 Å². The Labute approximate surface area is 95.8 Å². The Morgan fingerprint density at radius 1 is 1.44 bits per heavy atom. The van der Waals surface area contributed by atoms with Crippen LogP contribution in [0.15, 0.2) is 6.07 Å². The number of nitrogens with one attached hydrogen (secondary N) is 1. The summed E-state index contributed by atoms with van der Waals surface area (Å²) in [5.41, 5.74) is 3.37. The summed E-state index contributed by atoms with van der Waals surface area (Å²) in [7, 11) is 5.67. The average Bonchev–Trinajstić information content (AvgIpc) is 2.26. The molecule has 6 nitrogen and oxygen atoms in total. The molecule has 0 spiro atoms. The SMILES string of the molecule is COCc1cc(NN)nc(CCN(C)C)n1. The third-order valence-electron chi connectivity index (χ3n) is 2.05. The zero-order valence-corrected chi connectivity index (χ0v) is 10.0. The molecule has 0 atom stereocenters. The molecule has 0 aliphatic carbocycles. The third-order valence-corrected chi connectivity index (χ3v) is 2.05. The fourth-order valence-corrected chi connectivity index (χ4v) is 1.28. The molecule has 6 heteroatoms. The van der Waals surface area contributed by atoms with Crippen molar-refractivity contribution in [2.75, 3.05) is 33.2 Å². The van der Waals surface area contributed by atoms with Crippen molar-refractivity contribution < 1.29 is 4.74 Å². The molecule has 0 aliphatic rings. The second-order valence-electron chi connectivity index (χ2n) is 3.79. The number of rotatable bonds is 6. The minimum absolute atomic E-state index is 0.464. The second-order valence-corrected chi connectivity index (χ2v) is 3.79. The standard InChI is InChI=1S/C10H19N5O/c1-15(2)5-4-9-12-8(7-16-3)6-10(13-9)14-11/h6H,4-5,7,11H2,1-3H3,(H,12,13,14). The Kier molecular flexibility index (Phi) is 5.10. The number of nitrogen functional groups attached to an aromatic ring is 1. The molecule has 1 aromatic rings. The van der Waals surface area contributed by atoms with Crippen LogP contribution in [0, 0.1) is 0 Å². The molecular formula is C10H19N5O. The van der Waals surface area contributed by atoms with Gasteiger partial charge in [-0.3, -0.25) is 0 Å². The Balaban J connectivity index is 2.77. The van der Waals surface area contributed by atoms with Crippen LogP contribution in [-0.2, 0) is 17.8 Å². The number of anilines is 1. The van der Waals surface area contributed by atoms with Gasteiger partial charge >= 0.3 is 0 Å². The molecule has 90 valence electrons. The van der Waals surface area contributed by atoms with Crippen LogP contribution in [0.25, 0.3) is 0 Å². The molecule has 0 saturated heterocycles. The first-order chi connectivity index (χ1) is 7.65. The summed E-state index contributed by atoms with van der Waals surface area (Å²) < 4.78 is 5.04. The highest BCUT2D eigenvalue weighted by molar-refractivity contribution is 5.34. The number of methoxy groups -OCH3 is 1. The number of hydrogen-bond acceptors (Lipinski definition) is 6. The van der Waals surface area contributed by atoms with Crippen molar-refractivity contribution >= 4 is 5.82 Å². The van der Waals surface area contributed by atoms with Gasteiger partial charge in [0.2, 0.25) is 0 Å². The first kappa shape index (κ1) is 12.8. The normalized spacial score (nSPS) is 10.8. The van der Waals surface area contributed by atoms with Crippen molar-refractivity contribution in [1.29, 1.82) is 0 Å². The highest BCUT2D eigenvalue weighted by Gasteiger charge is 2.04. The lowest BCUT2D eigenvalue weighted by molar-refractivity contribution is 0.181. The van der Waals surface area contributed by atoms with Gasteiger partial charge in [0.25, 0.3) is 0 Å². The van der Waals surface area contributed by atoms with Gasteiger partial charge in [-0.2, -0.15) is 0 Å². The van der Waals surface area contributed by atoms with Crippen LogP contribution in [0.4, 0.5) is 5.82 Å². The number of aromatic nitrogens is 2. The van der Waals surface area contributed by atoms with Crippen molar-refractivity contribution in [2.45, 2.75) is 13.0 Å². The molecule has 16 heavy (non-hydrogen) atoms. The zero-order chi connectivity index (χ0) is 12.0. The van der Waals surface area contributed by atoms with E-state index in [1.54, 1.807) is 13.2 Å². The van der Waals surface area contributed by atoms with Gasteiger partial charge in [0, 0.05) is 26.1 Å².